The van der Waals surface area contributed by atoms with Crippen molar-refractivity contribution in [2.24, 2.45) is 11.3 Å². The molecule has 1 aromatic rings. The maximum absolute atomic E-state index is 11.1. The Bertz CT molecular complexity index is 554. The van der Waals surface area contributed by atoms with Gasteiger partial charge in [0.05, 0.1) is 0 Å². The van der Waals surface area contributed by atoms with Crippen molar-refractivity contribution >= 4 is 17.7 Å². The van der Waals surface area contributed by atoms with Crippen molar-refractivity contribution in [1.29, 1.82) is 0 Å². The van der Waals surface area contributed by atoms with E-state index in [1.807, 2.05) is 24.3 Å². The zero-order chi connectivity index (χ0) is 15.4. The lowest BCUT2D eigenvalue weighted by Gasteiger charge is -2.29. The van der Waals surface area contributed by atoms with Gasteiger partial charge in [-0.1, -0.05) is 18.2 Å². The molecule has 1 aromatic carbocycles. The maximum Gasteiger partial charge on any atom is 0.267 e. The molecule has 1 spiro atoms. The van der Waals surface area contributed by atoms with Crippen molar-refractivity contribution in [2.75, 3.05) is 11.9 Å². The Hall–Kier alpha value is -1.81. The average Bonchev–Trinajstić information content (AvgIpc) is 3.32. The first kappa shape index (κ1) is 15.1. The molecule has 3 rings (SSSR count). The first-order chi connectivity index (χ1) is 10.7. The molecule has 2 aliphatic rings. The van der Waals surface area contributed by atoms with Crippen LogP contribution in [0.3, 0.4) is 0 Å². The lowest BCUT2D eigenvalue weighted by molar-refractivity contribution is -0.124. The fraction of sp³-hybridized carbons (Fsp3) is 0.500. The number of rotatable bonds is 5. The topological polar surface area (TPSA) is 61.4 Å². The van der Waals surface area contributed by atoms with Crippen LogP contribution < -0.4 is 10.8 Å². The summed E-state index contributed by atoms with van der Waals surface area (Å²) in [5.41, 5.74) is 4.35. The van der Waals surface area contributed by atoms with E-state index in [-0.39, 0.29) is 0 Å². The third-order valence-corrected chi connectivity index (χ3v) is 5.19. The fourth-order valence-corrected chi connectivity index (χ4v) is 3.43. The van der Waals surface area contributed by atoms with Gasteiger partial charge in [-0.05, 0) is 67.6 Å². The summed E-state index contributed by atoms with van der Waals surface area (Å²) in [4.78, 5) is 11.1. The van der Waals surface area contributed by atoms with Crippen LogP contribution in [-0.2, 0) is 4.79 Å². The zero-order valence-electron chi connectivity index (χ0n) is 12.8. The molecule has 1 amide bonds. The Balaban J connectivity index is 1.55. The van der Waals surface area contributed by atoms with Crippen molar-refractivity contribution in [3.63, 3.8) is 0 Å². The van der Waals surface area contributed by atoms with Gasteiger partial charge in [0.1, 0.15) is 0 Å². The van der Waals surface area contributed by atoms with E-state index in [0.717, 1.165) is 29.1 Å². The van der Waals surface area contributed by atoms with Gasteiger partial charge < -0.3 is 5.32 Å². The number of hydrogen-bond donors (Lipinski definition) is 3. The van der Waals surface area contributed by atoms with Crippen LogP contribution in [0.15, 0.2) is 30.3 Å². The van der Waals surface area contributed by atoms with Crippen LogP contribution in [0, 0.1) is 11.3 Å². The summed E-state index contributed by atoms with van der Waals surface area (Å²) in [5, 5.41) is 12.1. The van der Waals surface area contributed by atoms with E-state index in [2.05, 4.69) is 5.32 Å². The van der Waals surface area contributed by atoms with Crippen LogP contribution >= 0.6 is 0 Å². The number of para-hydroxylation sites is 1. The van der Waals surface area contributed by atoms with Crippen LogP contribution in [0.25, 0.3) is 6.08 Å². The molecule has 0 unspecified atom stereocenters. The Labute approximate surface area is 131 Å². The summed E-state index contributed by atoms with van der Waals surface area (Å²) in [5.74, 6) is 0.237. The van der Waals surface area contributed by atoms with Gasteiger partial charge in [-0.2, -0.15) is 0 Å². The minimum Gasteiger partial charge on any atom is -0.384 e. The summed E-state index contributed by atoms with van der Waals surface area (Å²) in [6.45, 7) is 0.993. The first-order valence-corrected chi connectivity index (χ1v) is 8.16. The smallest absolute Gasteiger partial charge is 0.267 e. The quantitative estimate of drug-likeness (QED) is 0.442. The number of carbonyl (C=O) groups excluding carboxylic acids is 1. The van der Waals surface area contributed by atoms with Gasteiger partial charge in [-0.15, -0.1) is 0 Å². The lowest BCUT2D eigenvalue weighted by atomic mass is 9.80. The molecule has 0 bridgehead atoms. The highest BCUT2D eigenvalue weighted by Crippen LogP contribution is 2.57. The predicted octanol–water partition coefficient (Wildman–Crippen LogP) is 3.59. The van der Waals surface area contributed by atoms with Crippen molar-refractivity contribution < 1.29 is 10.0 Å². The molecule has 3 N–H and O–H groups in total. The maximum atomic E-state index is 11.1. The monoisotopic (exact) mass is 300 g/mol. The number of nitrogens with one attached hydrogen (secondary N) is 2. The summed E-state index contributed by atoms with van der Waals surface area (Å²) in [7, 11) is 0. The van der Waals surface area contributed by atoms with Crippen molar-refractivity contribution in [3.05, 3.63) is 35.9 Å². The van der Waals surface area contributed by atoms with E-state index in [1.54, 1.807) is 11.6 Å². The number of benzene rings is 1. The van der Waals surface area contributed by atoms with Crippen molar-refractivity contribution in [3.8, 4) is 0 Å². The second-order valence-electron chi connectivity index (χ2n) is 6.72. The highest BCUT2D eigenvalue weighted by atomic mass is 16.5. The Morgan fingerprint density at radius 1 is 1.23 bits per heavy atom. The number of amides is 1. The molecule has 0 radical (unpaired) electrons. The van der Waals surface area contributed by atoms with Gasteiger partial charge in [0.15, 0.2) is 0 Å². The normalized spacial score (nSPS) is 20.2. The molecule has 0 aromatic heterocycles. The summed E-state index contributed by atoms with van der Waals surface area (Å²) < 4.78 is 0. The van der Waals surface area contributed by atoms with Crippen LogP contribution in [0.4, 0.5) is 5.69 Å². The number of carbonyl (C=O) groups is 1. The SMILES string of the molecule is O=C(/C=C/c1ccccc1NCC1CCC2(CC1)CC2)NO. The van der Waals surface area contributed by atoms with Gasteiger partial charge in [0.25, 0.3) is 5.91 Å². The van der Waals surface area contributed by atoms with E-state index in [9.17, 15) is 4.79 Å². The lowest BCUT2D eigenvalue weighted by Crippen LogP contribution is -2.22. The van der Waals surface area contributed by atoms with E-state index >= 15 is 0 Å². The fourth-order valence-electron chi connectivity index (χ4n) is 3.43. The van der Waals surface area contributed by atoms with Gasteiger partial charge in [-0.3, -0.25) is 10.0 Å². The van der Waals surface area contributed by atoms with Crippen LogP contribution in [0.5, 0.6) is 0 Å². The molecule has 0 saturated heterocycles. The molecule has 0 heterocycles. The molecule has 118 valence electrons. The van der Waals surface area contributed by atoms with Crippen molar-refractivity contribution in [2.45, 2.75) is 38.5 Å². The number of hydrogen-bond acceptors (Lipinski definition) is 3. The Morgan fingerprint density at radius 2 is 1.95 bits per heavy atom. The Morgan fingerprint density at radius 3 is 2.64 bits per heavy atom. The van der Waals surface area contributed by atoms with Gasteiger partial charge in [0.2, 0.25) is 0 Å². The highest BCUT2D eigenvalue weighted by Gasteiger charge is 2.44. The molecular formula is C18H24N2O2. The molecule has 2 aliphatic carbocycles. The third-order valence-electron chi connectivity index (χ3n) is 5.19. The van der Waals surface area contributed by atoms with E-state index < -0.39 is 5.91 Å². The van der Waals surface area contributed by atoms with Gasteiger partial charge in [0, 0.05) is 18.3 Å². The highest BCUT2D eigenvalue weighted by molar-refractivity contribution is 5.91. The molecule has 22 heavy (non-hydrogen) atoms. The van der Waals surface area contributed by atoms with E-state index in [1.165, 1.54) is 44.6 Å². The molecule has 0 aliphatic heterocycles. The average molecular weight is 300 g/mol. The molecule has 4 nitrogen and oxygen atoms in total. The Kier molecular flexibility index (Phi) is 4.48. The minimum atomic E-state index is -0.517. The van der Waals surface area contributed by atoms with Crippen LogP contribution in [-0.4, -0.2) is 17.7 Å². The van der Waals surface area contributed by atoms with E-state index in [0.29, 0.717) is 0 Å². The first-order valence-electron chi connectivity index (χ1n) is 8.16. The van der Waals surface area contributed by atoms with Gasteiger partial charge in [-0.25, -0.2) is 5.48 Å². The summed E-state index contributed by atoms with van der Waals surface area (Å²) >= 11 is 0. The number of hydroxylamine groups is 1. The van der Waals surface area contributed by atoms with Crippen LogP contribution in [0.1, 0.15) is 44.1 Å². The summed E-state index contributed by atoms with van der Waals surface area (Å²) in [6.07, 6.45) is 11.4. The van der Waals surface area contributed by atoms with Crippen molar-refractivity contribution in [1.82, 2.24) is 5.48 Å². The summed E-state index contributed by atoms with van der Waals surface area (Å²) in [6, 6.07) is 7.93. The number of anilines is 1. The van der Waals surface area contributed by atoms with E-state index in [4.69, 9.17) is 5.21 Å². The largest absolute Gasteiger partial charge is 0.384 e. The second kappa shape index (κ2) is 6.53. The molecule has 2 saturated carbocycles. The molecular weight excluding hydrogens is 276 g/mol. The molecule has 2 fully saturated rings. The zero-order valence-corrected chi connectivity index (χ0v) is 12.8. The predicted molar refractivity (Wildman–Crippen MR) is 87.5 cm³/mol. The second-order valence-corrected chi connectivity index (χ2v) is 6.72. The standard InChI is InChI=1S/C18H24N2O2/c21-17(20-22)6-5-15-3-1-2-4-16(15)19-13-14-7-9-18(10-8-14)11-12-18/h1-6,14,19,22H,7-13H2,(H,20,21)/b6-5+. The van der Waals surface area contributed by atoms with Crippen LogP contribution in [0.2, 0.25) is 0 Å². The molecule has 0 atom stereocenters. The molecule has 4 heteroatoms. The van der Waals surface area contributed by atoms with Gasteiger partial charge >= 0.3 is 0 Å². The third kappa shape index (κ3) is 3.69. The minimum absolute atomic E-state index is 0.517.